The van der Waals surface area contributed by atoms with Crippen molar-refractivity contribution in [2.45, 2.75) is 89.7 Å². The van der Waals surface area contributed by atoms with Crippen molar-refractivity contribution < 1.29 is 27.4 Å². The summed E-state index contributed by atoms with van der Waals surface area (Å²) in [5, 5.41) is 3.69. The number of nitrogens with zero attached hydrogens (tertiary/aromatic N) is 2. The number of hydrogen-bond acceptors (Lipinski definition) is 5. The van der Waals surface area contributed by atoms with E-state index in [1.54, 1.807) is 24.1 Å². The molecule has 2 heterocycles. The van der Waals surface area contributed by atoms with Gasteiger partial charge in [0.25, 0.3) is 0 Å². The summed E-state index contributed by atoms with van der Waals surface area (Å²) in [6.45, 7) is 10.1. The highest BCUT2D eigenvalue weighted by atomic mass is 19.4. The molecule has 9 heteroatoms. The molecule has 1 N–H and O–H groups in total. The molecular weight excluding hydrogens is 459 g/mol. The van der Waals surface area contributed by atoms with E-state index in [9.17, 15) is 18.0 Å². The van der Waals surface area contributed by atoms with Crippen LogP contribution in [0.2, 0.25) is 0 Å². The van der Waals surface area contributed by atoms with E-state index in [1.807, 2.05) is 20.8 Å². The van der Waals surface area contributed by atoms with Crippen LogP contribution in [-0.4, -0.2) is 66.0 Å². The minimum atomic E-state index is -4.31. The third-order valence-corrected chi connectivity index (χ3v) is 7.44. The fourth-order valence-corrected chi connectivity index (χ4v) is 5.86. The van der Waals surface area contributed by atoms with Gasteiger partial charge >= 0.3 is 12.3 Å². The van der Waals surface area contributed by atoms with Crippen LogP contribution in [0, 0.1) is 11.8 Å². The molecule has 0 aromatic heterocycles. The predicted octanol–water partition coefficient (Wildman–Crippen LogP) is 4.88. The Balaban J connectivity index is 1.35. The van der Waals surface area contributed by atoms with Gasteiger partial charge in [0.05, 0.1) is 17.7 Å². The van der Waals surface area contributed by atoms with Crippen LogP contribution in [0.5, 0.6) is 0 Å². The van der Waals surface area contributed by atoms with E-state index < -0.39 is 17.3 Å². The number of benzene rings is 1. The first-order valence-corrected chi connectivity index (χ1v) is 12.6. The number of carbonyl (C=O) groups excluding carboxylic acids is 1. The molecular formula is C26H38F3N3O3. The van der Waals surface area contributed by atoms with Gasteiger partial charge in [0, 0.05) is 32.7 Å². The largest absolute Gasteiger partial charge is 0.444 e. The predicted molar refractivity (Wildman–Crippen MR) is 127 cm³/mol. The molecule has 3 fully saturated rings. The summed E-state index contributed by atoms with van der Waals surface area (Å²) in [5.41, 5.74) is -0.278. The number of nitrogens with one attached hydrogen (secondary N) is 1. The standard InChI is InChI=1S/C26H38F3N3O3/c1-6-7-20(31(5)24(33)35-25(2,3)4)23-30-22-19-15-32(14-17(19)12-21(22)34-23)13-16-8-10-18(11-9-16)26(27,28)29/h8-11,17,19-23,30H,6-7,12-15H2,1-5H3/t17-,19?,20?,21?,22?,23?/m0/s1. The highest BCUT2D eigenvalue weighted by Gasteiger charge is 2.54. The van der Waals surface area contributed by atoms with Gasteiger partial charge in [-0.3, -0.25) is 10.2 Å². The molecule has 2 saturated heterocycles. The normalized spacial score (nSPS) is 29.7. The Morgan fingerprint density at radius 3 is 2.51 bits per heavy atom. The third kappa shape index (κ3) is 5.94. The smallest absolute Gasteiger partial charge is 0.416 e. The zero-order chi connectivity index (χ0) is 25.5. The molecule has 0 bridgehead atoms. The van der Waals surface area contributed by atoms with Crippen molar-refractivity contribution in [2.24, 2.45) is 11.8 Å². The van der Waals surface area contributed by atoms with Gasteiger partial charge in [0.15, 0.2) is 0 Å². The fourth-order valence-electron chi connectivity index (χ4n) is 5.86. The van der Waals surface area contributed by atoms with E-state index in [0.29, 0.717) is 18.4 Å². The number of hydrogen-bond donors (Lipinski definition) is 1. The summed E-state index contributed by atoms with van der Waals surface area (Å²) in [4.78, 5) is 16.7. The number of ether oxygens (including phenoxy) is 2. The van der Waals surface area contributed by atoms with Crippen LogP contribution in [0.25, 0.3) is 0 Å². The average molecular weight is 498 g/mol. The molecule has 1 amide bonds. The molecule has 3 aliphatic rings. The van der Waals surface area contributed by atoms with E-state index in [4.69, 9.17) is 9.47 Å². The monoisotopic (exact) mass is 497 g/mol. The average Bonchev–Trinajstić information content (AvgIpc) is 3.40. The van der Waals surface area contributed by atoms with Crippen LogP contribution < -0.4 is 5.32 Å². The first kappa shape index (κ1) is 26.2. The van der Waals surface area contributed by atoms with Crippen LogP contribution in [0.15, 0.2) is 24.3 Å². The summed E-state index contributed by atoms with van der Waals surface area (Å²) < 4.78 is 50.6. The summed E-state index contributed by atoms with van der Waals surface area (Å²) in [5.74, 6) is 0.926. The fraction of sp³-hybridized carbons (Fsp3) is 0.731. The topological polar surface area (TPSA) is 54.0 Å². The van der Waals surface area contributed by atoms with Crippen LogP contribution in [-0.2, 0) is 22.2 Å². The summed E-state index contributed by atoms with van der Waals surface area (Å²) in [6, 6.07) is 5.57. The molecule has 6 atom stereocenters. The number of fused-ring (bicyclic) bond motifs is 3. The molecule has 0 radical (unpaired) electrons. The van der Waals surface area contributed by atoms with Gasteiger partial charge in [-0.05, 0) is 63.1 Å². The molecule has 0 spiro atoms. The summed E-state index contributed by atoms with van der Waals surface area (Å²) in [6.07, 6.45) is -2.10. The Morgan fingerprint density at radius 1 is 1.23 bits per heavy atom. The van der Waals surface area contributed by atoms with Crippen LogP contribution in [0.1, 0.15) is 58.1 Å². The van der Waals surface area contributed by atoms with Crippen molar-refractivity contribution in [3.63, 3.8) is 0 Å². The van der Waals surface area contributed by atoms with Gasteiger partial charge in [-0.1, -0.05) is 25.5 Å². The van der Waals surface area contributed by atoms with Gasteiger partial charge in [0.1, 0.15) is 11.8 Å². The van der Waals surface area contributed by atoms with Crippen molar-refractivity contribution in [2.75, 3.05) is 20.1 Å². The van der Waals surface area contributed by atoms with Crippen molar-refractivity contribution in [3.8, 4) is 0 Å². The SMILES string of the molecule is CCCC(C1NC2C(C[C@H]3CN(Cc4ccc(C(F)(F)F)cc4)CC23)O1)N(C)C(=O)OC(C)(C)C. The molecule has 4 rings (SSSR count). The number of carbonyl (C=O) groups is 1. The summed E-state index contributed by atoms with van der Waals surface area (Å²) >= 11 is 0. The number of rotatable bonds is 6. The van der Waals surface area contributed by atoms with Gasteiger partial charge < -0.3 is 14.4 Å². The molecule has 1 saturated carbocycles. The Morgan fingerprint density at radius 2 is 1.91 bits per heavy atom. The minimum Gasteiger partial charge on any atom is -0.444 e. The second kappa shape index (κ2) is 9.90. The van der Waals surface area contributed by atoms with Gasteiger partial charge in [-0.25, -0.2) is 4.79 Å². The lowest BCUT2D eigenvalue weighted by Crippen LogP contribution is -2.52. The first-order valence-electron chi connectivity index (χ1n) is 12.6. The maximum atomic E-state index is 12.9. The van der Waals surface area contributed by atoms with E-state index in [2.05, 4.69) is 17.1 Å². The van der Waals surface area contributed by atoms with E-state index in [-0.39, 0.29) is 30.5 Å². The summed E-state index contributed by atoms with van der Waals surface area (Å²) in [7, 11) is 1.78. The highest BCUT2D eigenvalue weighted by molar-refractivity contribution is 5.68. The quantitative estimate of drug-likeness (QED) is 0.608. The van der Waals surface area contributed by atoms with Gasteiger partial charge in [-0.2, -0.15) is 13.2 Å². The lowest BCUT2D eigenvalue weighted by Gasteiger charge is -2.34. The lowest BCUT2D eigenvalue weighted by molar-refractivity contribution is -0.137. The molecule has 6 nitrogen and oxygen atoms in total. The second-order valence-corrected chi connectivity index (χ2v) is 11.3. The minimum absolute atomic E-state index is 0.120. The molecule has 1 aliphatic carbocycles. The van der Waals surface area contributed by atoms with Gasteiger partial charge in [-0.15, -0.1) is 0 Å². The Bertz CT molecular complexity index is 887. The third-order valence-electron chi connectivity index (χ3n) is 7.44. The van der Waals surface area contributed by atoms with E-state index in [0.717, 1.165) is 50.0 Å². The molecule has 196 valence electrons. The van der Waals surface area contributed by atoms with Crippen molar-refractivity contribution in [3.05, 3.63) is 35.4 Å². The molecule has 5 unspecified atom stereocenters. The highest BCUT2D eigenvalue weighted by Crippen LogP contribution is 2.44. The molecule has 1 aromatic rings. The molecule has 2 aliphatic heterocycles. The van der Waals surface area contributed by atoms with E-state index in [1.165, 1.54) is 0 Å². The van der Waals surface area contributed by atoms with Crippen molar-refractivity contribution in [1.29, 1.82) is 0 Å². The van der Waals surface area contributed by atoms with Crippen LogP contribution in [0.4, 0.5) is 18.0 Å². The first-order chi connectivity index (χ1) is 16.4. The number of alkyl halides is 3. The number of amides is 1. The number of halogens is 3. The maximum Gasteiger partial charge on any atom is 0.416 e. The maximum absolute atomic E-state index is 12.9. The second-order valence-electron chi connectivity index (χ2n) is 11.3. The van der Waals surface area contributed by atoms with E-state index >= 15 is 0 Å². The number of likely N-dealkylation sites (N-methyl/N-ethyl adjacent to an activating group) is 1. The zero-order valence-corrected chi connectivity index (χ0v) is 21.3. The Labute approximate surface area is 206 Å². The van der Waals surface area contributed by atoms with Gasteiger partial charge in [0.2, 0.25) is 0 Å². The number of likely N-dealkylation sites (tertiary alicyclic amines) is 1. The Hall–Kier alpha value is -1.84. The van der Waals surface area contributed by atoms with Crippen LogP contribution >= 0.6 is 0 Å². The molecule has 1 aromatic carbocycles. The van der Waals surface area contributed by atoms with Crippen LogP contribution in [0.3, 0.4) is 0 Å². The van der Waals surface area contributed by atoms with Crippen molar-refractivity contribution >= 4 is 6.09 Å². The lowest BCUT2D eigenvalue weighted by atomic mass is 9.97. The zero-order valence-electron chi connectivity index (χ0n) is 21.3. The van der Waals surface area contributed by atoms with Crippen molar-refractivity contribution in [1.82, 2.24) is 15.1 Å². The molecule has 35 heavy (non-hydrogen) atoms. The Kier molecular flexibility index (Phi) is 7.42.